The van der Waals surface area contributed by atoms with Crippen LogP contribution in [0.4, 0.5) is 0 Å². The average molecular weight is 282 g/mol. The number of aromatic nitrogens is 2. The van der Waals surface area contributed by atoms with Gasteiger partial charge in [0.1, 0.15) is 0 Å². The van der Waals surface area contributed by atoms with Crippen LogP contribution < -0.4 is 5.32 Å². The molecule has 0 saturated heterocycles. The third-order valence-electron chi connectivity index (χ3n) is 2.73. The van der Waals surface area contributed by atoms with Crippen molar-refractivity contribution in [1.82, 2.24) is 15.1 Å². The molecule has 102 valence electrons. The summed E-state index contributed by atoms with van der Waals surface area (Å²) in [5.74, 6) is -0.0172. The number of carbonyl (C=O) groups excluding carboxylic acids is 1. The summed E-state index contributed by atoms with van der Waals surface area (Å²) in [6.45, 7) is 5.32. The first-order valence-electron chi connectivity index (χ1n) is 6.11. The quantitative estimate of drug-likeness (QED) is 0.857. The summed E-state index contributed by atoms with van der Waals surface area (Å²) in [6.07, 6.45) is 0.808. The van der Waals surface area contributed by atoms with E-state index >= 15 is 0 Å². The van der Waals surface area contributed by atoms with Crippen LogP contribution in [0, 0.1) is 13.8 Å². The summed E-state index contributed by atoms with van der Waals surface area (Å²) in [6, 6.07) is 5.13. The Morgan fingerprint density at radius 3 is 2.84 bits per heavy atom. The number of rotatable bonds is 5. The second kappa shape index (κ2) is 5.93. The Balaban J connectivity index is 1.75. The van der Waals surface area contributed by atoms with Gasteiger partial charge in [-0.1, -0.05) is 0 Å². The van der Waals surface area contributed by atoms with Gasteiger partial charge in [0, 0.05) is 18.8 Å². The number of carbonyl (C=O) groups is 1. The van der Waals surface area contributed by atoms with Crippen molar-refractivity contribution < 1.29 is 9.21 Å². The Morgan fingerprint density at radius 1 is 1.47 bits per heavy atom. The summed E-state index contributed by atoms with van der Waals surface area (Å²) >= 11 is 5.61. The van der Waals surface area contributed by atoms with Crippen LogP contribution in [-0.4, -0.2) is 22.2 Å². The van der Waals surface area contributed by atoms with Gasteiger partial charge in [-0.2, -0.15) is 5.10 Å². The molecular formula is C13H16ClN3O2. The molecule has 0 unspecified atom stereocenters. The molecule has 1 N–H and O–H groups in total. The standard InChI is InChI=1S/C13H16ClN3O2/c1-9-8-10(2)17(16-9)7-3-6-15-13(18)11-4-5-12(14)19-11/h4-5,8H,3,6-7H2,1-2H3,(H,15,18). The van der Waals surface area contributed by atoms with Crippen molar-refractivity contribution in [3.63, 3.8) is 0 Å². The van der Waals surface area contributed by atoms with Crippen molar-refractivity contribution in [2.45, 2.75) is 26.8 Å². The summed E-state index contributed by atoms with van der Waals surface area (Å²) in [5.41, 5.74) is 2.13. The van der Waals surface area contributed by atoms with Gasteiger partial charge in [0.25, 0.3) is 5.91 Å². The molecule has 0 bridgehead atoms. The smallest absolute Gasteiger partial charge is 0.287 e. The highest BCUT2D eigenvalue weighted by Crippen LogP contribution is 2.12. The minimum atomic E-state index is -0.250. The van der Waals surface area contributed by atoms with Gasteiger partial charge in [-0.3, -0.25) is 9.48 Å². The monoisotopic (exact) mass is 281 g/mol. The van der Waals surface area contributed by atoms with Crippen LogP contribution in [0.15, 0.2) is 22.6 Å². The fourth-order valence-electron chi connectivity index (χ4n) is 1.86. The number of halogens is 1. The third-order valence-corrected chi connectivity index (χ3v) is 2.94. The van der Waals surface area contributed by atoms with Crippen molar-refractivity contribution in [2.75, 3.05) is 6.54 Å². The van der Waals surface area contributed by atoms with E-state index < -0.39 is 0 Å². The topological polar surface area (TPSA) is 60.1 Å². The molecule has 0 atom stereocenters. The summed E-state index contributed by atoms with van der Waals surface area (Å²) in [7, 11) is 0. The molecule has 0 aliphatic carbocycles. The molecule has 2 heterocycles. The minimum Gasteiger partial charge on any atom is -0.440 e. The van der Waals surface area contributed by atoms with Gasteiger partial charge >= 0.3 is 0 Å². The lowest BCUT2D eigenvalue weighted by Crippen LogP contribution is -2.25. The van der Waals surface area contributed by atoms with E-state index in [1.807, 2.05) is 24.6 Å². The summed E-state index contributed by atoms with van der Waals surface area (Å²) < 4.78 is 6.95. The van der Waals surface area contributed by atoms with Crippen LogP contribution >= 0.6 is 11.6 Å². The molecular weight excluding hydrogens is 266 g/mol. The molecule has 0 radical (unpaired) electrons. The van der Waals surface area contributed by atoms with Gasteiger partial charge in [-0.05, 0) is 50.1 Å². The van der Waals surface area contributed by atoms with E-state index in [0.29, 0.717) is 6.54 Å². The number of furan rings is 1. The maximum absolute atomic E-state index is 11.7. The Labute approximate surface area is 116 Å². The second-order valence-electron chi connectivity index (χ2n) is 4.36. The molecule has 0 fully saturated rings. The highest BCUT2D eigenvalue weighted by Gasteiger charge is 2.09. The normalized spacial score (nSPS) is 10.7. The maximum atomic E-state index is 11.7. The van der Waals surface area contributed by atoms with E-state index in [1.165, 1.54) is 0 Å². The fourth-order valence-corrected chi connectivity index (χ4v) is 2.00. The third kappa shape index (κ3) is 3.61. The Hall–Kier alpha value is -1.75. The Bertz CT molecular complexity index is 574. The molecule has 5 nitrogen and oxygen atoms in total. The zero-order valence-corrected chi connectivity index (χ0v) is 11.7. The van der Waals surface area contributed by atoms with Crippen molar-refractivity contribution in [2.24, 2.45) is 0 Å². The number of hydrogen-bond donors (Lipinski definition) is 1. The number of amides is 1. The molecule has 2 aromatic heterocycles. The largest absolute Gasteiger partial charge is 0.440 e. The summed E-state index contributed by atoms with van der Waals surface area (Å²) in [4.78, 5) is 11.7. The van der Waals surface area contributed by atoms with E-state index in [9.17, 15) is 4.79 Å². The zero-order chi connectivity index (χ0) is 13.8. The predicted molar refractivity (Wildman–Crippen MR) is 72.4 cm³/mol. The van der Waals surface area contributed by atoms with Crippen LogP contribution in [0.2, 0.25) is 5.22 Å². The SMILES string of the molecule is Cc1cc(C)n(CCCNC(=O)c2ccc(Cl)o2)n1. The fraction of sp³-hybridized carbons (Fsp3) is 0.385. The van der Waals surface area contributed by atoms with Crippen LogP contribution in [-0.2, 0) is 6.54 Å². The number of aryl methyl sites for hydroxylation is 3. The minimum absolute atomic E-state index is 0.216. The molecule has 0 aliphatic heterocycles. The second-order valence-corrected chi connectivity index (χ2v) is 4.74. The lowest BCUT2D eigenvalue weighted by molar-refractivity contribution is 0.0925. The van der Waals surface area contributed by atoms with Crippen LogP contribution in [0.25, 0.3) is 0 Å². The van der Waals surface area contributed by atoms with E-state index in [0.717, 1.165) is 24.4 Å². The maximum Gasteiger partial charge on any atom is 0.287 e. The van der Waals surface area contributed by atoms with Gasteiger partial charge in [0.05, 0.1) is 5.69 Å². The Morgan fingerprint density at radius 2 is 2.26 bits per heavy atom. The Kier molecular flexibility index (Phi) is 4.27. The van der Waals surface area contributed by atoms with Crippen molar-refractivity contribution in [3.8, 4) is 0 Å². The number of nitrogens with zero attached hydrogens (tertiary/aromatic N) is 2. The van der Waals surface area contributed by atoms with Gasteiger partial charge in [0.2, 0.25) is 0 Å². The van der Waals surface area contributed by atoms with Gasteiger partial charge < -0.3 is 9.73 Å². The summed E-state index contributed by atoms with van der Waals surface area (Å²) in [5, 5.41) is 7.35. The van der Waals surface area contributed by atoms with E-state index in [2.05, 4.69) is 10.4 Å². The zero-order valence-electron chi connectivity index (χ0n) is 10.9. The van der Waals surface area contributed by atoms with Gasteiger partial charge in [-0.15, -0.1) is 0 Å². The molecule has 0 aromatic carbocycles. The van der Waals surface area contributed by atoms with Gasteiger partial charge in [-0.25, -0.2) is 0 Å². The molecule has 2 aromatic rings. The highest BCUT2D eigenvalue weighted by molar-refractivity contribution is 6.29. The molecule has 0 aliphatic rings. The van der Waals surface area contributed by atoms with Crippen LogP contribution in [0.5, 0.6) is 0 Å². The number of nitrogens with one attached hydrogen (secondary N) is 1. The molecule has 19 heavy (non-hydrogen) atoms. The lowest BCUT2D eigenvalue weighted by atomic mass is 10.3. The van der Waals surface area contributed by atoms with E-state index in [-0.39, 0.29) is 16.9 Å². The molecule has 6 heteroatoms. The van der Waals surface area contributed by atoms with Crippen LogP contribution in [0.3, 0.4) is 0 Å². The highest BCUT2D eigenvalue weighted by atomic mass is 35.5. The van der Waals surface area contributed by atoms with Crippen molar-refractivity contribution in [1.29, 1.82) is 0 Å². The molecule has 2 rings (SSSR count). The number of hydrogen-bond acceptors (Lipinski definition) is 3. The van der Waals surface area contributed by atoms with E-state index in [1.54, 1.807) is 12.1 Å². The first-order chi connectivity index (χ1) is 9.06. The molecule has 0 spiro atoms. The van der Waals surface area contributed by atoms with E-state index in [4.69, 9.17) is 16.0 Å². The lowest BCUT2D eigenvalue weighted by Gasteiger charge is -2.05. The predicted octanol–water partition coefficient (Wildman–Crippen LogP) is 2.57. The van der Waals surface area contributed by atoms with Crippen LogP contribution in [0.1, 0.15) is 28.4 Å². The first kappa shape index (κ1) is 13.7. The van der Waals surface area contributed by atoms with Gasteiger partial charge in [0.15, 0.2) is 11.0 Å². The van der Waals surface area contributed by atoms with Crippen molar-refractivity contribution >= 4 is 17.5 Å². The van der Waals surface area contributed by atoms with Crippen molar-refractivity contribution in [3.05, 3.63) is 40.6 Å². The average Bonchev–Trinajstić information content (AvgIpc) is 2.91. The molecule has 1 amide bonds. The first-order valence-corrected chi connectivity index (χ1v) is 6.48. The molecule has 0 saturated carbocycles.